The predicted molar refractivity (Wildman–Crippen MR) is 63.5 cm³/mol. The summed E-state index contributed by atoms with van der Waals surface area (Å²) >= 11 is 0. The highest BCUT2D eigenvalue weighted by Crippen LogP contribution is 2.33. The smallest absolute Gasteiger partial charge is 0.411 e. The zero-order valence-corrected chi connectivity index (χ0v) is 10.1. The second-order valence-electron chi connectivity index (χ2n) is 4.67. The Morgan fingerprint density at radius 1 is 1.47 bits per heavy atom. The van der Waals surface area contributed by atoms with Crippen LogP contribution in [0.15, 0.2) is 30.3 Å². The van der Waals surface area contributed by atoms with Gasteiger partial charge in [0.15, 0.2) is 0 Å². The third-order valence-electron chi connectivity index (χ3n) is 3.29. The molecule has 0 unspecified atom stereocenters. The summed E-state index contributed by atoms with van der Waals surface area (Å²) in [5, 5.41) is 9.44. The van der Waals surface area contributed by atoms with Crippen LogP contribution in [-0.2, 0) is 4.74 Å². The predicted octanol–water partition coefficient (Wildman–Crippen LogP) is 1.95. The van der Waals surface area contributed by atoms with E-state index >= 15 is 0 Å². The van der Waals surface area contributed by atoms with E-state index in [0.29, 0.717) is 0 Å². The Balaban J connectivity index is 2.29. The summed E-state index contributed by atoms with van der Waals surface area (Å²) in [6.07, 6.45) is -0.363. The highest BCUT2D eigenvalue weighted by Gasteiger charge is 2.46. The van der Waals surface area contributed by atoms with Crippen molar-refractivity contribution in [3.8, 4) is 0 Å². The molecule has 1 saturated heterocycles. The molecule has 1 aliphatic heterocycles. The minimum absolute atomic E-state index is 0.101. The van der Waals surface area contributed by atoms with Crippen molar-refractivity contribution >= 4 is 6.09 Å². The van der Waals surface area contributed by atoms with Gasteiger partial charge in [-0.1, -0.05) is 30.3 Å². The second kappa shape index (κ2) is 4.37. The fraction of sp³-hybridized carbons (Fsp3) is 0.462. The summed E-state index contributed by atoms with van der Waals surface area (Å²) in [7, 11) is 0. The molecule has 0 radical (unpaired) electrons. The molecule has 0 saturated carbocycles. The average molecular weight is 235 g/mol. The number of cyclic esters (lactones) is 1. The van der Waals surface area contributed by atoms with Crippen LogP contribution in [0.3, 0.4) is 0 Å². The SMILES string of the molecule is C[C@@H](c1ccccc1)N1C(=O)OC[C@]1(C)CO. The molecule has 0 bridgehead atoms. The molecule has 0 aliphatic carbocycles. The van der Waals surface area contributed by atoms with Crippen molar-refractivity contribution in [1.29, 1.82) is 0 Å². The number of ether oxygens (including phenoxy) is 1. The number of hydrogen-bond acceptors (Lipinski definition) is 3. The largest absolute Gasteiger partial charge is 0.447 e. The normalized spacial score (nSPS) is 25.8. The molecule has 0 spiro atoms. The van der Waals surface area contributed by atoms with Crippen LogP contribution in [-0.4, -0.2) is 34.9 Å². The lowest BCUT2D eigenvalue weighted by atomic mass is 9.98. The number of rotatable bonds is 3. The first-order valence-electron chi connectivity index (χ1n) is 5.70. The molecular formula is C13H17NO3. The first-order chi connectivity index (χ1) is 8.08. The number of nitrogens with zero attached hydrogens (tertiary/aromatic N) is 1. The molecule has 4 heteroatoms. The van der Waals surface area contributed by atoms with Gasteiger partial charge in [-0.3, -0.25) is 4.90 Å². The lowest BCUT2D eigenvalue weighted by Crippen LogP contribution is -2.48. The van der Waals surface area contributed by atoms with Gasteiger partial charge in [0.2, 0.25) is 0 Å². The Kier molecular flexibility index (Phi) is 3.07. The van der Waals surface area contributed by atoms with Gasteiger partial charge in [0.25, 0.3) is 0 Å². The molecular weight excluding hydrogens is 218 g/mol. The van der Waals surface area contributed by atoms with E-state index in [4.69, 9.17) is 4.74 Å². The van der Waals surface area contributed by atoms with Crippen molar-refractivity contribution < 1.29 is 14.6 Å². The lowest BCUT2D eigenvalue weighted by Gasteiger charge is -2.35. The molecule has 4 nitrogen and oxygen atoms in total. The number of amides is 1. The van der Waals surface area contributed by atoms with Crippen LogP contribution in [0.5, 0.6) is 0 Å². The van der Waals surface area contributed by atoms with Crippen molar-refractivity contribution in [1.82, 2.24) is 4.90 Å². The van der Waals surface area contributed by atoms with Gasteiger partial charge in [0, 0.05) is 0 Å². The van der Waals surface area contributed by atoms with Gasteiger partial charge >= 0.3 is 6.09 Å². The number of hydrogen-bond donors (Lipinski definition) is 1. The van der Waals surface area contributed by atoms with Crippen LogP contribution in [0.2, 0.25) is 0 Å². The van der Waals surface area contributed by atoms with Gasteiger partial charge < -0.3 is 9.84 Å². The van der Waals surface area contributed by atoms with Crippen LogP contribution in [0.4, 0.5) is 4.79 Å². The van der Waals surface area contributed by atoms with Crippen molar-refractivity contribution in [2.45, 2.75) is 25.4 Å². The van der Waals surface area contributed by atoms with Crippen LogP contribution < -0.4 is 0 Å². The van der Waals surface area contributed by atoms with Gasteiger partial charge in [0.1, 0.15) is 12.1 Å². The van der Waals surface area contributed by atoms with E-state index in [-0.39, 0.29) is 25.3 Å². The Morgan fingerprint density at radius 2 is 2.12 bits per heavy atom. The van der Waals surface area contributed by atoms with Crippen LogP contribution in [0, 0.1) is 0 Å². The summed E-state index contributed by atoms with van der Waals surface area (Å²) in [5.41, 5.74) is 0.401. The fourth-order valence-electron chi connectivity index (χ4n) is 2.20. The molecule has 2 atom stereocenters. The van der Waals surface area contributed by atoms with Crippen molar-refractivity contribution in [2.24, 2.45) is 0 Å². The van der Waals surface area contributed by atoms with Gasteiger partial charge in [-0.05, 0) is 19.4 Å². The zero-order valence-electron chi connectivity index (χ0n) is 10.1. The highest BCUT2D eigenvalue weighted by atomic mass is 16.6. The zero-order chi connectivity index (χ0) is 12.5. The molecule has 0 aromatic heterocycles. The van der Waals surface area contributed by atoms with E-state index in [9.17, 15) is 9.90 Å². The molecule has 1 aliphatic rings. The molecule has 1 N–H and O–H groups in total. The molecule has 92 valence electrons. The minimum Gasteiger partial charge on any atom is -0.447 e. The molecule has 2 rings (SSSR count). The van der Waals surface area contributed by atoms with Gasteiger partial charge in [-0.25, -0.2) is 4.79 Å². The molecule has 1 heterocycles. The molecule has 1 aromatic carbocycles. The van der Waals surface area contributed by atoms with Gasteiger partial charge in [0.05, 0.1) is 12.6 Å². The summed E-state index contributed by atoms with van der Waals surface area (Å²) in [4.78, 5) is 13.4. The standard InChI is InChI=1S/C13H17NO3/c1-10(11-6-4-3-5-7-11)14-12(16)17-9-13(14,2)8-15/h3-7,10,15H,8-9H2,1-2H3/t10-,13-/m0/s1. The summed E-state index contributed by atoms with van der Waals surface area (Å²) in [6, 6.07) is 9.63. The number of aliphatic hydroxyl groups is 1. The Bertz CT molecular complexity index is 406. The summed E-state index contributed by atoms with van der Waals surface area (Å²) < 4.78 is 5.04. The number of benzene rings is 1. The minimum atomic E-state index is -0.633. The topological polar surface area (TPSA) is 49.8 Å². The van der Waals surface area contributed by atoms with Crippen LogP contribution >= 0.6 is 0 Å². The fourth-order valence-corrected chi connectivity index (χ4v) is 2.20. The number of carbonyl (C=O) groups excluding carboxylic acids is 1. The van der Waals surface area contributed by atoms with Crippen molar-refractivity contribution in [3.63, 3.8) is 0 Å². The Morgan fingerprint density at radius 3 is 2.71 bits per heavy atom. The van der Waals surface area contributed by atoms with E-state index in [2.05, 4.69) is 0 Å². The second-order valence-corrected chi connectivity index (χ2v) is 4.67. The third kappa shape index (κ3) is 2.00. The molecule has 1 amide bonds. The number of aliphatic hydroxyl groups excluding tert-OH is 1. The molecule has 17 heavy (non-hydrogen) atoms. The maximum atomic E-state index is 11.8. The first kappa shape index (κ1) is 11.9. The average Bonchev–Trinajstić information content (AvgIpc) is 2.66. The Labute approximate surface area is 101 Å². The Hall–Kier alpha value is -1.55. The van der Waals surface area contributed by atoms with Gasteiger partial charge in [-0.15, -0.1) is 0 Å². The van der Waals surface area contributed by atoms with Crippen LogP contribution in [0.1, 0.15) is 25.5 Å². The van der Waals surface area contributed by atoms with E-state index < -0.39 is 5.54 Å². The van der Waals surface area contributed by atoms with Crippen molar-refractivity contribution in [3.05, 3.63) is 35.9 Å². The van der Waals surface area contributed by atoms with E-state index in [1.54, 1.807) is 4.90 Å². The van der Waals surface area contributed by atoms with Crippen molar-refractivity contribution in [2.75, 3.05) is 13.2 Å². The highest BCUT2D eigenvalue weighted by molar-refractivity contribution is 5.71. The van der Waals surface area contributed by atoms with E-state index in [1.165, 1.54) is 0 Å². The lowest BCUT2D eigenvalue weighted by molar-refractivity contribution is 0.0769. The first-order valence-corrected chi connectivity index (χ1v) is 5.70. The molecule has 1 fully saturated rings. The van der Waals surface area contributed by atoms with Crippen LogP contribution in [0.25, 0.3) is 0 Å². The van der Waals surface area contributed by atoms with E-state index in [1.807, 2.05) is 44.2 Å². The maximum absolute atomic E-state index is 11.8. The third-order valence-corrected chi connectivity index (χ3v) is 3.29. The summed E-state index contributed by atoms with van der Waals surface area (Å²) in [6.45, 7) is 3.91. The summed E-state index contributed by atoms with van der Waals surface area (Å²) in [5.74, 6) is 0. The maximum Gasteiger partial charge on any atom is 0.411 e. The monoisotopic (exact) mass is 235 g/mol. The quantitative estimate of drug-likeness (QED) is 0.871. The van der Waals surface area contributed by atoms with Gasteiger partial charge in [-0.2, -0.15) is 0 Å². The number of carbonyl (C=O) groups is 1. The van der Waals surface area contributed by atoms with E-state index in [0.717, 1.165) is 5.56 Å². The molecule has 1 aromatic rings.